The van der Waals surface area contributed by atoms with Crippen LogP contribution in [0.5, 0.6) is 0 Å². The van der Waals surface area contributed by atoms with Gasteiger partial charge in [0, 0.05) is 40.2 Å². The summed E-state index contributed by atoms with van der Waals surface area (Å²) in [5, 5.41) is 4.80. The third-order valence-electron chi connectivity index (χ3n) is 7.70. The van der Waals surface area contributed by atoms with Gasteiger partial charge in [-0.05, 0) is 68.1 Å². The van der Waals surface area contributed by atoms with Crippen molar-refractivity contribution in [2.75, 3.05) is 0 Å². The summed E-state index contributed by atoms with van der Waals surface area (Å²) < 4.78 is 47.2. The second kappa shape index (κ2) is 13.6. The molecule has 3 heterocycles. The first-order chi connectivity index (χ1) is 23.6. The molecule has 0 saturated carbocycles. The zero-order valence-corrected chi connectivity index (χ0v) is 29.0. The molecular weight excluding hydrogens is 747 g/mol. The van der Waals surface area contributed by atoms with Crippen LogP contribution >= 0.6 is 11.3 Å². The van der Waals surface area contributed by atoms with Gasteiger partial charge in [0.25, 0.3) is 0 Å². The molecule has 0 fully saturated rings. The molecule has 0 saturated heterocycles. The minimum absolute atomic E-state index is 0. The van der Waals surface area contributed by atoms with Gasteiger partial charge in [-0.15, -0.1) is 46.8 Å². The van der Waals surface area contributed by atoms with Crippen molar-refractivity contribution in [1.82, 2.24) is 14.5 Å². The van der Waals surface area contributed by atoms with Crippen molar-refractivity contribution in [3.05, 3.63) is 136 Å². The molecule has 0 atom stereocenters. The van der Waals surface area contributed by atoms with E-state index in [-0.39, 0.29) is 31.2 Å². The van der Waals surface area contributed by atoms with E-state index in [1.807, 2.05) is 0 Å². The van der Waals surface area contributed by atoms with Crippen LogP contribution in [-0.2, 0) is 20.1 Å². The number of pyridine rings is 1. The van der Waals surface area contributed by atoms with Gasteiger partial charge in [-0.2, -0.15) is 0 Å². The number of aryl methyl sites for hydroxylation is 5. The van der Waals surface area contributed by atoms with E-state index in [1.54, 1.807) is 23.5 Å². The molecule has 0 aliphatic carbocycles. The molecule has 229 valence electrons. The van der Waals surface area contributed by atoms with Crippen molar-refractivity contribution in [3.63, 3.8) is 0 Å². The summed E-state index contributed by atoms with van der Waals surface area (Å²) in [6, 6.07) is 30.1. The van der Waals surface area contributed by atoms with Crippen LogP contribution in [0.25, 0.3) is 49.5 Å². The Kier molecular flexibility index (Phi) is 7.66. The van der Waals surface area contributed by atoms with Crippen LogP contribution in [0.4, 0.5) is 0 Å². The molecule has 0 aliphatic heterocycles. The third-order valence-corrected chi connectivity index (χ3v) is 8.56. The molecular formula is C40H37IrN3S-2. The van der Waals surface area contributed by atoms with E-state index in [4.69, 9.17) is 13.2 Å². The maximum Gasteiger partial charge on any atom is 0.0774 e. The molecule has 5 heteroatoms. The van der Waals surface area contributed by atoms with Gasteiger partial charge in [-0.1, -0.05) is 96.0 Å². The largest absolute Gasteiger partial charge is 0.333 e. The Bertz CT molecular complexity index is 2220. The van der Waals surface area contributed by atoms with Crippen molar-refractivity contribution in [2.24, 2.45) is 0 Å². The van der Waals surface area contributed by atoms with Crippen LogP contribution in [0.3, 0.4) is 0 Å². The zero-order valence-electron chi connectivity index (χ0n) is 31.8. The van der Waals surface area contributed by atoms with E-state index in [0.717, 1.165) is 22.4 Å². The van der Waals surface area contributed by atoms with E-state index in [1.165, 1.54) is 62.4 Å². The maximum atomic E-state index is 7.28. The molecule has 0 bridgehead atoms. The number of imidazole rings is 1. The van der Waals surface area contributed by atoms with Gasteiger partial charge in [0.2, 0.25) is 0 Å². The van der Waals surface area contributed by atoms with E-state index in [2.05, 4.69) is 110 Å². The van der Waals surface area contributed by atoms with Gasteiger partial charge in [-0.25, -0.2) is 0 Å². The van der Waals surface area contributed by atoms with Crippen molar-refractivity contribution in [3.8, 4) is 28.3 Å². The van der Waals surface area contributed by atoms with Crippen LogP contribution in [0, 0.1) is 45.9 Å². The van der Waals surface area contributed by atoms with E-state index in [9.17, 15) is 0 Å². The molecule has 7 rings (SSSR count). The number of hydrogen-bond donors (Lipinski definition) is 0. The number of para-hydroxylation sites is 2. The molecule has 4 aromatic carbocycles. The molecule has 0 amide bonds. The van der Waals surface area contributed by atoms with Gasteiger partial charge in [0.05, 0.1) is 16.9 Å². The summed E-state index contributed by atoms with van der Waals surface area (Å²) in [6.45, 7) is 6.68. The Morgan fingerprint density at radius 1 is 0.844 bits per heavy atom. The number of rotatable bonds is 4. The fraction of sp³-hybridized carbons (Fsp3) is 0.200. The van der Waals surface area contributed by atoms with Crippen molar-refractivity contribution in [1.29, 1.82) is 0 Å². The molecule has 0 aliphatic rings. The predicted octanol–water partition coefficient (Wildman–Crippen LogP) is 10.9. The van der Waals surface area contributed by atoms with Gasteiger partial charge < -0.3 is 9.55 Å². The van der Waals surface area contributed by atoms with E-state index in [0.29, 0.717) is 17.2 Å². The Balaban J connectivity index is 0.000000211. The summed E-state index contributed by atoms with van der Waals surface area (Å²) in [5.41, 5.74) is 11.2. The van der Waals surface area contributed by atoms with Gasteiger partial charge >= 0.3 is 0 Å². The molecule has 7 aromatic rings. The molecule has 3 aromatic heterocycles. The topological polar surface area (TPSA) is 30.7 Å². The molecule has 3 nitrogen and oxygen atoms in total. The summed E-state index contributed by atoms with van der Waals surface area (Å²) >= 11 is 1.69. The molecule has 1 radical (unpaired) electrons. The standard InChI is InChI=1S/C27H25N2S.C13H12N.Ir/c1-16(2)20-10-11-21-22(15-30-25(21)14-20)27-28-23-8-6-7-9-24(23)29(27)26-18(4)12-17(3)13-19(26)5;1-10-3-6-12(7-4-10)13-8-5-11(2)9-14-13;/h6-14,16H,1-5H3;3-6,8-9H,1-2H3;/q2*-1;/i;1D3,2D3;. The van der Waals surface area contributed by atoms with Crippen LogP contribution in [0.1, 0.15) is 61.4 Å². The summed E-state index contributed by atoms with van der Waals surface area (Å²) in [4.78, 5) is 9.16. The summed E-state index contributed by atoms with van der Waals surface area (Å²) in [7, 11) is 0. The maximum absolute atomic E-state index is 7.28. The SMILES string of the molecule is Cc1cc(C)c(-n2c(-c3[c-]sc4cc(C(C)C)ccc34)nc3ccccc32)c(C)c1.[2H]C([2H])([2H])c1c[c-]c(-c2ccc(C([2H])([2H])[2H])cn2)cc1.[Ir]. The normalized spacial score (nSPS) is 13.6. The summed E-state index contributed by atoms with van der Waals surface area (Å²) in [6.07, 6.45) is 1.30. The summed E-state index contributed by atoms with van der Waals surface area (Å²) in [5.74, 6) is 1.48. The van der Waals surface area contributed by atoms with Crippen molar-refractivity contribution >= 4 is 32.5 Å². The van der Waals surface area contributed by atoms with Crippen LogP contribution in [-0.4, -0.2) is 14.5 Å². The predicted molar refractivity (Wildman–Crippen MR) is 187 cm³/mol. The number of aromatic nitrogens is 3. The van der Waals surface area contributed by atoms with Gasteiger partial charge in [0.15, 0.2) is 0 Å². The first-order valence-corrected chi connectivity index (χ1v) is 15.4. The molecule has 45 heavy (non-hydrogen) atoms. The fourth-order valence-corrected chi connectivity index (χ4v) is 6.49. The van der Waals surface area contributed by atoms with E-state index < -0.39 is 13.7 Å². The number of hydrogen-bond acceptors (Lipinski definition) is 3. The smallest absolute Gasteiger partial charge is 0.0774 e. The Labute approximate surface area is 292 Å². The first kappa shape index (κ1) is 25.3. The van der Waals surface area contributed by atoms with Crippen LogP contribution in [0.2, 0.25) is 0 Å². The zero-order chi connectivity index (χ0) is 36.0. The van der Waals surface area contributed by atoms with Crippen molar-refractivity contribution < 1.29 is 28.3 Å². The van der Waals surface area contributed by atoms with Gasteiger partial charge in [0.1, 0.15) is 0 Å². The Morgan fingerprint density at radius 2 is 1.60 bits per heavy atom. The monoisotopic (exact) mass is 790 g/mol. The fourth-order valence-electron chi connectivity index (χ4n) is 5.60. The first-order valence-electron chi connectivity index (χ1n) is 17.6. The number of fused-ring (bicyclic) bond motifs is 2. The van der Waals surface area contributed by atoms with Crippen LogP contribution in [0.15, 0.2) is 91.1 Å². The average Bonchev–Trinajstić information content (AvgIpc) is 3.65. The van der Waals surface area contributed by atoms with Crippen LogP contribution < -0.4 is 0 Å². The Morgan fingerprint density at radius 3 is 2.27 bits per heavy atom. The quantitative estimate of drug-likeness (QED) is 0.166. The Hall–Kier alpha value is -3.89. The third kappa shape index (κ3) is 6.72. The minimum atomic E-state index is -2.18. The second-order valence-corrected chi connectivity index (χ2v) is 12.3. The molecule has 0 unspecified atom stereocenters. The molecule has 0 N–H and O–H groups in total. The van der Waals surface area contributed by atoms with E-state index >= 15 is 0 Å². The number of benzene rings is 4. The number of nitrogens with zero attached hydrogens (tertiary/aromatic N) is 3. The van der Waals surface area contributed by atoms with Gasteiger partial charge in [-0.3, -0.25) is 16.3 Å². The average molecular weight is 790 g/mol. The minimum Gasteiger partial charge on any atom is -0.333 e. The second-order valence-electron chi connectivity index (χ2n) is 11.4. The number of thiophene rings is 1. The van der Waals surface area contributed by atoms with Crippen molar-refractivity contribution in [2.45, 2.75) is 54.2 Å². The molecule has 0 spiro atoms.